The Morgan fingerprint density at radius 1 is 1.12 bits per heavy atom. The van der Waals surface area contributed by atoms with Gasteiger partial charge in [-0.25, -0.2) is 8.42 Å². The molecule has 24 heavy (non-hydrogen) atoms. The van der Waals surface area contributed by atoms with Gasteiger partial charge in [-0.3, -0.25) is 20.5 Å². The fourth-order valence-corrected chi connectivity index (χ4v) is 5.33. The molecule has 0 spiro atoms. The summed E-state index contributed by atoms with van der Waals surface area (Å²) in [5, 5.41) is 10.3. The van der Waals surface area contributed by atoms with E-state index >= 15 is 0 Å². The maximum absolute atomic E-state index is 12.6. The Labute approximate surface area is 137 Å². The summed E-state index contributed by atoms with van der Waals surface area (Å²) in [5.74, 6) is 5.15. The fourth-order valence-electron chi connectivity index (χ4n) is 1.86. The molecule has 128 valence electrons. The number of hydrogen-bond acceptors (Lipinski definition) is 7. The number of nitrogens with two attached hydrogens (primary N) is 1. The van der Waals surface area contributed by atoms with Crippen molar-refractivity contribution in [2.24, 2.45) is 5.84 Å². The van der Waals surface area contributed by atoms with E-state index in [2.05, 4.69) is 0 Å². The van der Waals surface area contributed by atoms with Crippen LogP contribution >= 0.6 is 7.52 Å². The number of rotatable bonds is 6. The van der Waals surface area contributed by atoms with Gasteiger partial charge in [0.1, 0.15) is 0 Å². The third kappa shape index (κ3) is 3.36. The number of hydrogen-bond donors (Lipinski definition) is 3. The van der Waals surface area contributed by atoms with Gasteiger partial charge in [0.05, 0.1) is 15.1 Å². The molecule has 12 heteroatoms. The van der Waals surface area contributed by atoms with E-state index in [1.54, 1.807) is 11.6 Å². The SMILES string of the molecule is NNN(P(=O)(O)c1ccc([N+](=O)[O-])cc1)S(=O)(=O)c1ccccc1. The Kier molecular flexibility index (Phi) is 5.13. The van der Waals surface area contributed by atoms with Crippen LogP contribution in [0, 0.1) is 10.1 Å². The molecule has 0 aliphatic carbocycles. The molecule has 1 atom stereocenters. The molecule has 0 bridgehead atoms. The highest BCUT2D eigenvalue weighted by Crippen LogP contribution is 2.45. The third-order valence-corrected chi connectivity index (χ3v) is 7.34. The summed E-state index contributed by atoms with van der Waals surface area (Å²) in [6, 6.07) is 10.9. The van der Waals surface area contributed by atoms with E-state index in [0.29, 0.717) is 0 Å². The molecular weight excluding hydrogens is 359 g/mol. The molecule has 2 rings (SSSR count). The molecule has 0 fully saturated rings. The van der Waals surface area contributed by atoms with Gasteiger partial charge in [-0.05, 0) is 28.5 Å². The zero-order valence-electron chi connectivity index (χ0n) is 12.0. The Hall–Kier alpha value is -2.14. The predicted octanol–water partition coefficient (Wildman–Crippen LogP) is 0.475. The molecular formula is C12H13N4O6PS. The maximum Gasteiger partial charge on any atom is 0.328 e. The first-order valence-electron chi connectivity index (χ1n) is 6.36. The third-order valence-electron chi connectivity index (χ3n) is 3.02. The van der Waals surface area contributed by atoms with Crippen molar-refractivity contribution in [2.45, 2.75) is 4.90 Å². The van der Waals surface area contributed by atoms with Gasteiger partial charge in [0, 0.05) is 12.1 Å². The number of non-ortho nitro benzene ring substituents is 1. The van der Waals surface area contributed by atoms with Crippen LogP contribution in [0.5, 0.6) is 0 Å². The van der Waals surface area contributed by atoms with Gasteiger partial charge in [-0.1, -0.05) is 18.2 Å². The monoisotopic (exact) mass is 372 g/mol. The minimum Gasteiger partial charge on any atom is -0.328 e. The van der Waals surface area contributed by atoms with Crippen LogP contribution in [-0.4, -0.2) is 22.4 Å². The predicted molar refractivity (Wildman–Crippen MR) is 85.3 cm³/mol. The Morgan fingerprint density at radius 2 is 1.67 bits per heavy atom. The van der Waals surface area contributed by atoms with Crippen molar-refractivity contribution >= 4 is 28.5 Å². The van der Waals surface area contributed by atoms with E-state index in [0.717, 1.165) is 24.3 Å². The van der Waals surface area contributed by atoms with Crippen LogP contribution in [0.15, 0.2) is 59.5 Å². The van der Waals surface area contributed by atoms with Crippen LogP contribution in [0.2, 0.25) is 0 Å². The van der Waals surface area contributed by atoms with E-state index in [4.69, 9.17) is 5.84 Å². The molecule has 10 nitrogen and oxygen atoms in total. The number of hydrazine groups is 2. The molecule has 0 heterocycles. The summed E-state index contributed by atoms with van der Waals surface area (Å²) in [7, 11) is -9.14. The minimum absolute atomic E-state index is 0.0382. The largest absolute Gasteiger partial charge is 0.328 e. The minimum atomic E-state index is -4.71. The van der Waals surface area contributed by atoms with Gasteiger partial charge in [0.2, 0.25) is 0 Å². The number of nitro groups is 1. The summed E-state index contributed by atoms with van der Waals surface area (Å²) < 4.78 is 37.7. The van der Waals surface area contributed by atoms with Crippen LogP contribution < -0.4 is 16.7 Å². The average molecular weight is 372 g/mol. The van der Waals surface area contributed by atoms with E-state index < -0.39 is 22.5 Å². The quantitative estimate of drug-likeness (QED) is 0.286. The summed E-state index contributed by atoms with van der Waals surface area (Å²) in [5.41, 5.74) is 1.41. The lowest BCUT2D eigenvalue weighted by Crippen LogP contribution is -2.46. The first-order chi connectivity index (χ1) is 11.2. The normalized spacial score (nSPS) is 14.3. The van der Waals surface area contributed by atoms with Crippen molar-refractivity contribution < 1.29 is 22.8 Å². The summed E-state index contributed by atoms with van der Waals surface area (Å²) in [4.78, 5) is 20.0. The lowest BCUT2D eigenvalue weighted by Gasteiger charge is -2.25. The first kappa shape index (κ1) is 18.2. The molecule has 4 N–H and O–H groups in total. The molecule has 2 aromatic carbocycles. The summed E-state index contributed by atoms with van der Waals surface area (Å²) in [6.07, 6.45) is 0. The van der Waals surface area contributed by atoms with Gasteiger partial charge in [-0.2, -0.15) is 5.53 Å². The van der Waals surface area contributed by atoms with Crippen molar-refractivity contribution in [1.82, 2.24) is 9.72 Å². The highest BCUT2D eigenvalue weighted by Gasteiger charge is 2.40. The molecule has 0 amide bonds. The van der Waals surface area contributed by atoms with Crippen LogP contribution in [0.4, 0.5) is 5.69 Å². The molecule has 0 saturated heterocycles. The molecule has 2 aromatic rings. The Bertz CT molecular complexity index is 888. The molecule has 0 saturated carbocycles. The number of nitro benzene ring substituents is 1. The average Bonchev–Trinajstić information content (AvgIpc) is 2.56. The van der Waals surface area contributed by atoms with Crippen LogP contribution in [-0.2, 0) is 14.6 Å². The fraction of sp³-hybridized carbons (Fsp3) is 0. The van der Waals surface area contributed by atoms with Crippen LogP contribution in [0.1, 0.15) is 0 Å². The smallest absolute Gasteiger partial charge is 0.328 e. The number of sulfonamides is 1. The van der Waals surface area contributed by atoms with E-state index in [1.165, 1.54) is 24.3 Å². The summed E-state index contributed by atoms with van der Waals surface area (Å²) in [6.45, 7) is 0. The van der Waals surface area contributed by atoms with Gasteiger partial charge in [0.15, 0.2) is 0 Å². The Balaban J connectivity index is 2.49. The zero-order valence-corrected chi connectivity index (χ0v) is 13.7. The van der Waals surface area contributed by atoms with Crippen molar-refractivity contribution in [3.63, 3.8) is 0 Å². The highest BCUT2D eigenvalue weighted by molar-refractivity contribution is 7.95. The van der Waals surface area contributed by atoms with Crippen LogP contribution in [0.3, 0.4) is 0 Å². The van der Waals surface area contributed by atoms with E-state index in [-0.39, 0.29) is 20.1 Å². The Morgan fingerprint density at radius 3 is 2.12 bits per heavy atom. The van der Waals surface area contributed by atoms with Gasteiger partial charge < -0.3 is 4.89 Å². The second-order valence-corrected chi connectivity index (χ2v) is 8.57. The number of benzene rings is 2. The molecule has 0 aromatic heterocycles. The standard InChI is InChI=1S/C12H13N4O6PS/c13-14-16(24(21,22)12-4-2-1-3-5-12)23(19,20)11-8-6-10(7-9-11)15(17)18/h1-9,14H,13H2,(H,19,20). The first-order valence-corrected chi connectivity index (χ1v) is 9.41. The molecule has 0 aliphatic rings. The van der Waals surface area contributed by atoms with E-state index in [1.807, 2.05) is 0 Å². The highest BCUT2D eigenvalue weighted by atomic mass is 32.2. The molecule has 0 radical (unpaired) electrons. The second kappa shape index (κ2) is 6.77. The van der Waals surface area contributed by atoms with Crippen LogP contribution in [0.25, 0.3) is 0 Å². The van der Waals surface area contributed by atoms with Crippen molar-refractivity contribution in [1.29, 1.82) is 0 Å². The van der Waals surface area contributed by atoms with Gasteiger partial charge in [0.25, 0.3) is 15.7 Å². The van der Waals surface area contributed by atoms with Gasteiger partial charge in [-0.15, -0.1) is 0 Å². The lowest BCUT2D eigenvalue weighted by atomic mass is 10.3. The maximum atomic E-state index is 12.6. The van der Waals surface area contributed by atoms with E-state index in [9.17, 15) is 28.0 Å². The topological polar surface area (TPSA) is 156 Å². The number of nitrogens with one attached hydrogen (secondary N) is 1. The van der Waals surface area contributed by atoms with Crippen molar-refractivity contribution in [2.75, 3.05) is 0 Å². The second-order valence-electron chi connectivity index (χ2n) is 4.51. The number of nitrogens with zero attached hydrogens (tertiary/aromatic N) is 2. The molecule has 1 unspecified atom stereocenters. The molecule has 0 aliphatic heterocycles. The van der Waals surface area contributed by atoms with Gasteiger partial charge >= 0.3 is 7.52 Å². The van der Waals surface area contributed by atoms with Crippen molar-refractivity contribution in [3.8, 4) is 0 Å². The zero-order chi connectivity index (χ0) is 18.0. The summed E-state index contributed by atoms with van der Waals surface area (Å²) >= 11 is 0. The van der Waals surface area contributed by atoms with Crippen molar-refractivity contribution in [3.05, 3.63) is 64.7 Å². The lowest BCUT2D eigenvalue weighted by molar-refractivity contribution is -0.384.